The molecule has 0 bridgehead atoms. The van der Waals surface area contributed by atoms with Crippen LogP contribution in [0.3, 0.4) is 0 Å². The Kier molecular flexibility index (Phi) is 6.68. The molecule has 1 aromatic carbocycles. The molecular formula is C21H28N2O5. The summed E-state index contributed by atoms with van der Waals surface area (Å²) in [5, 5.41) is 18.7. The number of nitriles is 1. The van der Waals surface area contributed by atoms with E-state index in [4.69, 9.17) is 9.47 Å². The summed E-state index contributed by atoms with van der Waals surface area (Å²) in [6.45, 7) is 8.44. The van der Waals surface area contributed by atoms with Gasteiger partial charge in [-0.25, -0.2) is 0 Å². The molecule has 1 aromatic rings. The van der Waals surface area contributed by atoms with E-state index in [1.165, 1.54) is 0 Å². The van der Waals surface area contributed by atoms with E-state index in [0.29, 0.717) is 24.8 Å². The van der Waals surface area contributed by atoms with E-state index in [2.05, 4.69) is 6.07 Å². The van der Waals surface area contributed by atoms with Crippen molar-refractivity contribution in [3.8, 4) is 11.8 Å². The Morgan fingerprint density at radius 3 is 2.68 bits per heavy atom. The maximum Gasteiger partial charge on any atom is 0.308 e. The molecule has 0 radical (unpaired) electrons. The number of benzene rings is 1. The molecule has 0 amide bonds. The fourth-order valence-corrected chi connectivity index (χ4v) is 3.00. The smallest absolute Gasteiger partial charge is 0.308 e. The van der Waals surface area contributed by atoms with Gasteiger partial charge in [0.2, 0.25) is 0 Å². The highest BCUT2D eigenvalue weighted by atomic mass is 16.6. The number of carbonyl (C=O) groups excluding carboxylic acids is 1. The molecule has 28 heavy (non-hydrogen) atoms. The molecule has 152 valence electrons. The summed E-state index contributed by atoms with van der Waals surface area (Å²) < 4.78 is 11.6. The number of piperidine rings is 1. The fourth-order valence-electron chi connectivity index (χ4n) is 3.00. The number of hydrogen-bond donors (Lipinski definition) is 1. The second-order valence-corrected chi connectivity index (χ2v) is 8.35. The largest absolute Gasteiger partial charge is 0.481 e. The van der Waals surface area contributed by atoms with Crippen molar-refractivity contribution in [3.63, 3.8) is 0 Å². The Bertz CT molecular complexity index is 765. The van der Waals surface area contributed by atoms with Gasteiger partial charge in [0.1, 0.15) is 11.8 Å². The van der Waals surface area contributed by atoms with Gasteiger partial charge in [0.15, 0.2) is 11.9 Å². The zero-order valence-corrected chi connectivity index (χ0v) is 16.9. The number of nitrogens with zero attached hydrogens (tertiary/aromatic N) is 2. The first-order valence-electron chi connectivity index (χ1n) is 9.38. The maximum atomic E-state index is 11.7. The third-order valence-electron chi connectivity index (χ3n) is 4.61. The van der Waals surface area contributed by atoms with Crippen LogP contribution in [-0.4, -0.2) is 48.3 Å². The Morgan fingerprint density at radius 1 is 1.39 bits per heavy atom. The van der Waals surface area contributed by atoms with Crippen LogP contribution in [0.5, 0.6) is 5.75 Å². The molecule has 1 N–H and O–H groups in total. The molecule has 0 aromatic heterocycles. The van der Waals surface area contributed by atoms with Gasteiger partial charge in [-0.1, -0.05) is 0 Å². The lowest BCUT2D eigenvalue weighted by Gasteiger charge is -2.33. The highest BCUT2D eigenvalue weighted by Crippen LogP contribution is 2.31. The van der Waals surface area contributed by atoms with Crippen LogP contribution >= 0.6 is 0 Å². The van der Waals surface area contributed by atoms with Gasteiger partial charge in [0, 0.05) is 24.8 Å². The lowest BCUT2D eigenvalue weighted by Crippen LogP contribution is -2.42. The van der Waals surface area contributed by atoms with E-state index >= 15 is 0 Å². The molecule has 0 spiro atoms. The highest BCUT2D eigenvalue weighted by Gasteiger charge is 2.31. The molecule has 2 rings (SSSR count). The van der Waals surface area contributed by atoms with Crippen molar-refractivity contribution in [3.05, 3.63) is 23.8 Å². The van der Waals surface area contributed by atoms with Crippen molar-refractivity contribution < 1.29 is 24.2 Å². The number of rotatable bonds is 7. The lowest BCUT2D eigenvalue weighted by molar-refractivity contribution is -0.142. The van der Waals surface area contributed by atoms with E-state index in [9.17, 15) is 20.0 Å². The highest BCUT2D eigenvalue weighted by molar-refractivity contribution is 5.71. The van der Waals surface area contributed by atoms with Crippen LogP contribution in [0.25, 0.3) is 0 Å². The van der Waals surface area contributed by atoms with E-state index in [1.807, 2.05) is 25.7 Å². The van der Waals surface area contributed by atoms with Gasteiger partial charge >= 0.3 is 5.97 Å². The minimum atomic E-state index is -1.25. The van der Waals surface area contributed by atoms with Crippen molar-refractivity contribution in [2.45, 2.75) is 51.7 Å². The summed E-state index contributed by atoms with van der Waals surface area (Å²) in [7, 11) is 0. The summed E-state index contributed by atoms with van der Waals surface area (Å²) in [5.41, 5.74) is -0.611. The number of aliphatic carboxylic acids is 1. The van der Waals surface area contributed by atoms with Crippen LogP contribution in [-0.2, 0) is 14.3 Å². The van der Waals surface area contributed by atoms with Crippen LogP contribution in [0.4, 0.5) is 5.69 Å². The van der Waals surface area contributed by atoms with Crippen molar-refractivity contribution >= 4 is 17.9 Å². The van der Waals surface area contributed by atoms with Gasteiger partial charge in [-0.2, -0.15) is 5.26 Å². The van der Waals surface area contributed by atoms with Crippen LogP contribution in [0, 0.1) is 17.2 Å². The molecule has 1 saturated heterocycles. The third kappa shape index (κ3) is 5.70. The first-order chi connectivity index (χ1) is 13.1. The van der Waals surface area contributed by atoms with Gasteiger partial charge in [-0.05, 0) is 52.7 Å². The van der Waals surface area contributed by atoms with Gasteiger partial charge in [-0.15, -0.1) is 0 Å². The van der Waals surface area contributed by atoms with Crippen LogP contribution in [0.1, 0.15) is 46.1 Å². The van der Waals surface area contributed by atoms with E-state index in [0.717, 1.165) is 18.7 Å². The number of ether oxygens (including phenoxy) is 2. The first-order valence-corrected chi connectivity index (χ1v) is 9.38. The summed E-state index contributed by atoms with van der Waals surface area (Å²) in [5.74, 6) is -0.943. The fraction of sp³-hybridized carbons (Fsp3) is 0.571. The third-order valence-corrected chi connectivity index (χ3v) is 4.61. The molecule has 0 saturated carbocycles. The van der Waals surface area contributed by atoms with E-state index in [1.54, 1.807) is 25.1 Å². The number of carbonyl (C=O) groups is 2. The topological polar surface area (TPSA) is 99.9 Å². The van der Waals surface area contributed by atoms with Crippen molar-refractivity contribution in [2.24, 2.45) is 5.92 Å². The number of carboxylic acid groups (broad SMARTS) is 1. The van der Waals surface area contributed by atoms with Crippen LogP contribution in [0.2, 0.25) is 0 Å². The molecule has 1 aliphatic rings. The zero-order chi connectivity index (χ0) is 20.9. The standard InChI is InChI=1S/C21H28N2O5/c1-20(2,3)27-14-21(4,13-24)28-18-10-17(8-7-15(18)11-22)23-9-5-6-16(12-23)19(25)26/h7-8,10,13,16H,5-6,9,12,14H2,1-4H3,(H,25,26)/t16-,21?/m1/s1. The Labute approximate surface area is 165 Å². The van der Waals surface area contributed by atoms with Gasteiger partial charge in [0.05, 0.1) is 23.7 Å². The van der Waals surface area contributed by atoms with Crippen molar-refractivity contribution in [1.82, 2.24) is 0 Å². The van der Waals surface area contributed by atoms with Gasteiger partial charge < -0.3 is 19.5 Å². The molecule has 0 aliphatic carbocycles. The van der Waals surface area contributed by atoms with E-state index in [-0.39, 0.29) is 12.4 Å². The minimum absolute atomic E-state index is 0.0416. The number of carboxylic acids is 1. The SMILES string of the molecule is CC(C)(C)OCC(C)(C=O)Oc1cc(N2CCC[C@@H](C(=O)O)C2)ccc1C#N. The maximum absolute atomic E-state index is 11.7. The minimum Gasteiger partial charge on any atom is -0.481 e. The molecule has 1 heterocycles. The van der Waals surface area contributed by atoms with Gasteiger partial charge in [0.25, 0.3) is 0 Å². The predicted octanol–water partition coefficient (Wildman–Crippen LogP) is 3.01. The van der Waals surface area contributed by atoms with Crippen molar-refractivity contribution in [2.75, 3.05) is 24.6 Å². The normalized spacial score (nSPS) is 19.4. The first kappa shape index (κ1) is 21.7. The van der Waals surface area contributed by atoms with E-state index < -0.39 is 23.1 Å². The number of aldehydes is 1. The second-order valence-electron chi connectivity index (χ2n) is 8.35. The molecule has 7 nitrogen and oxygen atoms in total. The average molecular weight is 388 g/mol. The predicted molar refractivity (Wildman–Crippen MR) is 105 cm³/mol. The monoisotopic (exact) mass is 388 g/mol. The Morgan fingerprint density at radius 2 is 2.11 bits per heavy atom. The molecule has 1 unspecified atom stereocenters. The second kappa shape index (κ2) is 8.61. The Hall–Kier alpha value is -2.59. The molecule has 7 heteroatoms. The van der Waals surface area contributed by atoms with Gasteiger partial charge in [-0.3, -0.25) is 9.59 Å². The summed E-state index contributed by atoms with van der Waals surface area (Å²) in [6, 6.07) is 7.18. The molecular weight excluding hydrogens is 360 g/mol. The van der Waals surface area contributed by atoms with Crippen LogP contribution in [0.15, 0.2) is 18.2 Å². The summed E-state index contributed by atoms with van der Waals surface area (Å²) in [6.07, 6.45) is 2.10. The summed E-state index contributed by atoms with van der Waals surface area (Å²) in [4.78, 5) is 25.0. The lowest BCUT2D eigenvalue weighted by atomic mass is 9.97. The molecule has 2 atom stereocenters. The number of hydrogen-bond acceptors (Lipinski definition) is 6. The Balaban J connectivity index is 2.26. The van der Waals surface area contributed by atoms with Crippen LogP contribution < -0.4 is 9.64 Å². The average Bonchev–Trinajstić information content (AvgIpc) is 2.66. The van der Waals surface area contributed by atoms with Crippen molar-refractivity contribution in [1.29, 1.82) is 5.26 Å². The summed E-state index contributed by atoms with van der Waals surface area (Å²) >= 11 is 0. The number of anilines is 1. The zero-order valence-electron chi connectivity index (χ0n) is 16.9. The molecule has 1 fully saturated rings. The molecule has 1 aliphatic heterocycles. The quantitative estimate of drug-likeness (QED) is 0.717.